The molecule has 4 N–H and O–H groups in total. The van der Waals surface area contributed by atoms with Gasteiger partial charge in [-0.25, -0.2) is 9.97 Å². The van der Waals surface area contributed by atoms with Crippen molar-refractivity contribution in [2.45, 2.75) is 19.8 Å². The average molecular weight is 262 g/mol. The third-order valence-corrected chi connectivity index (χ3v) is 2.37. The smallest absolute Gasteiger partial charge is 0.277 e. The van der Waals surface area contributed by atoms with Gasteiger partial charge in [0.15, 0.2) is 11.5 Å². The Bertz CT molecular complexity index is 567. The molecular formula is C11H14N6O2. The first-order valence-electron chi connectivity index (χ1n) is 5.67. The number of rotatable bonds is 4. The van der Waals surface area contributed by atoms with E-state index in [0.717, 1.165) is 0 Å². The molecular weight excluding hydrogens is 248 g/mol. The van der Waals surface area contributed by atoms with Gasteiger partial charge >= 0.3 is 0 Å². The summed E-state index contributed by atoms with van der Waals surface area (Å²) in [6, 6.07) is 1.53. The number of nitrogen functional groups attached to an aromatic ring is 1. The van der Waals surface area contributed by atoms with Crippen LogP contribution in [0.5, 0.6) is 0 Å². The second-order valence-corrected chi connectivity index (χ2v) is 4.13. The fourth-order valence-electron chi connectivity index (χ4n) is 1.40. The van der Waals surface area contributed by atoms with Crippen molar-refractivity contribution in [1.82, 2.24) is 15.1 Å². The molecule has 0 unspecified atom stereocenters. The summed E-state index contributed by atoms with van der Waals surface area (Å²) >= 11 is 0. The Labute approximate surface area is 109 Å². The van der Waals surface area contributed by atoms with Crippen LogP contribution < -0.4 is 16.6 Å². The molecule has 8 heteroatoms. The lowest BCUT2D eigenvalue weighted by molar-refractivity contribution is 0.102. The highest BCUT2D eigenvalue weighted by Crippen LogP contribution is 2.16. The van der Waals surface area contributed by atoms with Crippen LogP contribution in [0.2, 0.25) is 0 Å². The first kappa shape index (κ1) is 13.0. The maximum Gasteiger partial charge on any atom is 0.277 e. The van der Waals surface area contributed by atoms with Crippen molar-refractivity contribution in [2.24, 2.45) is 5.84 Å². The predicted octanol–water partition coefficient (Wildman–Crippen LogP) is 1.13. The Morgan fingerprint density at radius 1 is 1.47 bits per heavy atom. The van der Waals surface area contributed by atoms with Gasteiger partial charge in [0.2, 0.25) is 0 Å². The number of hydrogen-bond donors (Lipinski definition) is 3. The van der Waals surface area contributed by atoms with Crippen LogP contribution in [0, 0.1) is 0 Å². The summed E-state index contributed by atoms with van der Waals surface area (Å²) in [6.07, 6.45) is 2.83. The van der Waals surface area contributed by atoms with Gasteiger partial charge in [-0.2, -0.15) is 0 Å². The van der Waals surface area contributed by atoms with Crippen molar-refractivity contribution >= 4 is 17.4 Å². The number of carbonyl (C=O) groups is 1. The van der Waals surface area contributed by atoms with Crippen LogP contribution in [0.25, 0.3) is 0 Å². The molecule has 0 aliphatic heterocycles. The average Bonchev–Trinajstić information content (AvgIpc) is 2.90. The van der Waals surface area contributed by atoms with Crippen LogP contribution in [0.15, 0.2) is 23.0 Å². The van der Waals surface area contributed by atoms with Crippen LogP contribution in [0.1, 0.15) is 36.1 Å². The summed E-state index contributed by atoms with van der Waals surface area (Å²) in [6.45, 7) is 3.87. The lowest BCUT2D eigenvalue weighted by Crippen LogP contribution is -2.20. The highest BCUT2D eigenvalue weighted by atomic mass is 16.5. The molecule has 0 atom stereocenters. The van der Waals surface area contributed by atoms with Crippen molar-refractivity contribution in [2.75, 3.05) is 10.7 Å². The van der Waals surface area contributed by atoms with Gasteiger partial charge in [-0.05, 0) is 0 Å². The molecule has 2 rings (SSSR count). The maximum absolute atomic E-state index is 12.1. The summed E-state index contributed by atoms with van der Waals surface area (Å²) in [5.74, 6) is 5.87. The molecule has 1 amide bonds. The van der Waals surface area contributed by atoms with Crippen LogP contribution in [0.4, 0.5) is 11.5 Å². The number of aromatic nitrogens is 3. The second kappa shape index (κ2) is 5.44. The highest BCUT2D eigenvalue weighted by molar-refractivity contribution is 6.05. The Hall–Kier alpha value is -2.48. The monoisotopic (exact) mass is 262 g/mol. The SMILES string of the molecule is CC(C)c1ncc(NN)c(C(=O)Nc2ccon2)n1. The summed E-state index contributed by atoms with van der Waals surface area (Å²) < 4.78 is 4.63. The molecule has 0 fully saturated rings. The summed E-state index contributed by atoms with van der Waals surface area (Å²) in [5.41, 5.74) is 2.89. The van der Waals surface area contributed by atoms with Gasteiger partial charge in [0.05, 0.1) is 11.9 Å². The maximum atomic E-state index is 12.1. The largest absolute Gasteiger partial charge is 0.363 e. The van der Waals surface area contributed by atoms with Crippen molar-refractivity contribution in [3.8, 4) is 0 Å². The summed E-state index contributed by atoms with van der Waals surface area (Å²) in [5, 5.41) is 6.14. The van der Waals surface area contributed by atoms with E-state index in [0.29, 0.717) is 17.3 Å². The molecule has 8 nitrogen and oxygen atoms in total. The molecule has 0 spiro atoms. The van der Waals surface area contributed by atoms with Crippen LogP contribution >= 0.6 is 0 Å². The van der Waals surface area contributed by atoms with Crippen molar-refractivity contribution < 1.29 is 9.32 Å². The van der Waals surface area contributed by atoms with E-state index in [1.165, 1.54) is 18.5 Å². The number of hydrazine groups is 1. The topological polar surface area (TPSA) is 119 Å². The van der Waals surface area contributed by atoms with Crippen molar-refractivity contribution in [1.29, 1.82) is 0 Å². The van der Waals surface area contributed by atoms with Crippen molar-refractivity contribution in [3.05, 3.63) is 30.0 Å². The number of anilines is 2. The molecule has 0 aliphatic rings. The van der Waals surface area contributed by atoms with E-state index in [4.69, 9.17) is 5.84 Å². The molecule has 0 saturated carbocycles. The molecule has 0 saturated heterocycles. The standard InChI is InChI=1S/C11H14N6O2/c1-6(2)10-13-5-7(16-12)9(15-10)11(18)14-8-3-4-19-17-8/h3-6,16H,12H2,1-2H3,(H,14,17,18). The van der Waals surface area contributed by atoms with E-state index in [9.17, 15) is 4.79 Å². The van der Waals surface area contributed by atoms with Gasteiger partial charge in [0.1, 0.15) is 12.1 Å². The zero-order chi connectivity index (χ0) is 13.8. The van der Waals surface area contributed by atoms with Crippen molar-refractivity contribution in [3.63, 3.8) is 0 Å². The van der Waals surface area contributed by atoms with E-state index >= 15 is 0 Å². The van der Waals surface area contributed by atoms with Gasteiger partial charge in [-0.15, -0.1) is 0 Å². The number of hydrogen-bond acceptors (Lipinski definition) is 7. The van der Waals surface area contributed by atoms with Crippen LogP contribution in [-0.4, -0.2) is 21.0 Å². The second-order valence-electron chi connectivity index (χ2n) is 4.13. The van der Waals surface area contributed by atoms with Gasteiger partial charge in [0, 0.05) is 12.0 Å². The lowest BCUT2D eigenvalue weighted by atomic mass is 10.2. The molecule has 0 bridgehead atoms. The number of nitrogens with one attached hydrogen (secondary N) is 2. The molecule has 100 valence electrons. The minimum absolute atomic E-state index is 0.102. The Morgan fingerprint density at radius 3 is 2.84 bits per heavy atom. The highest BCUT2D eigenvalue weighted by Gasteiger charge is 2.17. The van der Waals surface area contributed by atoms with Gasteiger partial charge in [-0.1, -0.05) is 19.0 Å². The predicted molar refractivity (Wildman–Crippen MR) is 68.4 cm³/mol. The summed E-state index contributed by atoms with van der Waals surface area (Å²) in [4.78, 5) is 20.4. The van der Waals surface area contributed by atoms with Gasteiger partial charge in [-0.3, -0.25) is 10.6 Å². The lowest BCUT2D eigenvalue weighted by Gasteiger charge is -2.10. The molecule has 0 aliphatic carbocycles. The Kier molecular flexibility index (Phi) is 3.71. The number of amides is 1. The molecule has 0 radical (unpaired) electrons. The number of nitrogens with two attached hydrogens (primary N) is 1. The quantitative estimate of drug-likeness (QED) is 0.558. The van der Waals surface area contributed by atoms with Crippen LogP contribution in [0.3, 0.4) is 0 Å². The molecule has 19 heavy (non-hydrogen) atoms. The van der Waals surface area contributed by atoms with E-state index in [1.54, 1.807) is 0 Å². The third-order valence-electron chi connectivity index (χ3n) is 2.37. The first-order valence-corrected chi connectivity index (χ1v) is 5.67. The fraction of sp³-hybridized carbons (Fsp3) is 0.273. The van der Waals surface area contributed by atoms with Crippen LogP contribution in [-0.2, 0) is 0 Å². The summed E-state index contributed by atoms with van der Waals surface area (Å²) in [7, 11) is 0. The minimum atomic E-state index is -0.439. The molecule has 2 heterocycles. The molecule has 2 aromatic rings. The third kappa shape index (κ3) is 2.86. The Morgan fingerprint density at radius 2 is 2.26 bits per heavy atom. The zero-order valence-electron chi connectivity index (χ0n) is 10.5. The first-order chi connectivity index (χ1) is 9.11. The van der Waals surface area contributed by atoms with Gasteiger partial charge in [0.25, 0.3) is 5.91 Å². The normalized spacial score (nSPS) is 10.5. The van der Waals surface area contributed by atoms with E-state index in [2.05, 4.69) is 30.4 Å². The molecule has 0 aromatic carbocycles. The minimum Gasteiger partial charge on any atom is -0.363 e. The fourth-order valence-corrected chi connectivity index (χ4v) is 1.40. The Balaban J connectivity index is 2.30. The number of carbonyl (C=O) groups excluding carboxylic acids is 1. The van der Waals surface area contributed by atoms with E-state index in [-0.39, 0.29) is 11.6 Å². The van der Waals surface area contributed by atoms with E-state index < -0.39 is 5.91 Å². The van der Waals surface area contributed by atoms with E-state index in [1.807, 2.05) is 13.8 Å². The molecule has 2 aromatic heterocycles. The van der Waals surface area contributed by atoms with Gasteiger partial charge < -0.3 is 15.3 Å². The zero-order valence-corrected chi connectivity index (χ0v) is 10.5. The number of nitrogens with zero attached hydrogens (tertiary/aromatic N) is 3.